The molecule has 168 valence electrons. The van der Waals surface area contributed by atoms with Crippen LogP contribution in [-0.4, -0.2) is 67.4 Å². The van der Waals surface area contributed by atoms with Crippen molar-refractivity contribution < 1.29 is 24.6 Å². The maximum atomic E-state index is 12.0. The second kappa shape index (κ2) is 8.81. The summed E-state index contributed by atoms with van der Waals surface area (Å²) >= 11 is 12.8. The molecule has 10 nitrogen and oxygen atoms in total. The topological polar surface area (TPSA) is 141 Å². The Morgan fingerprint density at radius 1 is 1.28 bits per heavy atom. The number of aromatic amines is 1. The van der Waals surface area contributed by atoms with Crippen LogP contribution in [-0.2, 0) is 33.9 Å². The average molecular weight is 480 g/mol. The second-order valence-electron chi connectivity index (χ2n) is 7.34. The number of nitrogens with one attached hydrogen (secondary N) is 2. The van der Waals surface area contributed by atoms with Crippen molar-refractivity contribution in [1.82, 2.24) is 25.0 Å². The highest BCUT2D eigenvalue weighted by molar-refractivity contribution is 6.45. The van der Waals surface area contributed by atoms with E-state index in [9.17, 15) is 19.5 Å². The predicted molar refractivity (Wildman–Crippen MR) is 116 cm³/mol. The molecule has 2 aromatic heterocycles. The zero-order valence-electron chi connectivity index (χ0n) is 16.7. The standard InChI is InChI=1S/C20H19Cl2N5O5/c21-12-5-10(14-2-4-27(25-14)8-15(29)23-6-17(31)32)18-11-7-26(16(30)9-28)3-1-13(11)24-20(18)19(12)22/h2,4-5,24,28H,1,3,6-9H2,(H,23,29)(H,31,32). The number of carbonyl (C=O) groups is 3. The minimum atomic E-state index is -1.14. The first-order chi connectivity index (χ1) is 15.3. The van der Waals surface area contributed by atoms with Crippen molar-refractivity contribution in [3.05, 3.63) is 39.6 Å². The first kappa shape index (κ1) is 22.1. The number of H-pyrrole nitrogens is 1. The van der Waals surface area contributed by atoms with Crippen LogP contribution in [0.5, 0.6) is 0 Å². The van der Waals surface area contributed by atoms with Gasteiger partial charge in [-0.05, 0) is 12.1 Å². The Bertz CT molecular complexity index is 1230. The molecule has 4 rings (SSSR count). The van der Waals surface area contributed by atoms with E-state index in [2.05, 4.69) is 15.4 Å². The molecule has 0 aliphatic carbocycles. The molecule has 0 fully saturated rings. The summed E-state index contributed by atoms with van der Waals surface area (Å²) in [4.78, 5) is 39.4. The first-order valence-electron chi connectivity index (χ1n) is 9.70. The predicted octanol–water partition coefficient (Wildman–Crippen LogP) is 1.42. The van der Waals surface area contributed by atoms with Crippen LogP contribution in [0.4, 0.5) is 0 Å². The minimum absolute atomic E-state index is 0.151. The van der Waals surface area contributed by atoms with E-state index in [1.807, 2.05) is 0 Å². The third-order valence-electron chi connectivity index (χ3n) is 5.29. The molecule has 1 aliphatic rings. The van der Waals surface area contributed by atoms with Crippen molar-refractivity contribution in [1.29, 1.82) is 0 Å². The lowest BCUT2D eigenvalue weighted by molar-refractivity contribution is -0.138. The quantitative estimate of drug-likeness (QED) is 0.421. The molecule has 0 unspecified atom stereocenters. The van der Waals surface area contributed by atoms with Gasteiger partial charge in [-0.15, -0.1) is 0 Å². The molecule has 0 saturated heterocycles. The summed E-state index contributed by atoms with van der Waals surface area (Å²) < 4.78 is 1.39. The van der Waals surface area contributed by atoms with E-state index >= 15 is 0 Å². The largest absolute Gasteiger partial charge is 0.480 e. The van der Waals surface area contributed by atoms with Crippen molar-refractivity contribution in [3.8, 4) is 11.3 Å². The first-order valence-corrected chi connectivity index (χ1v) is 10.5. The molecule has 1 aromatic carbocycles. The molecule has 0 bridgehead atoms. The SMILES string of the molecule is O=C(O)CNC(=O)Cn1ccc(-c2cc(Cl)c(Cl)c3[nH]c4c(c23)CN(C(=O)CO)CC4)n1. The highest BCUT2D eigenvalue weighted by Crippen LogP contribution is 2.41. The molecule has 32 heavy (non-hydrogen) atoms. The molecule has 1 aliphatic heterocycles. The molecule has 4 N–H and O–H groups in total. The minimum Gasteiger partial charge on any atom is -0.480 e. The number of carboxylic acids is 1. The van der Waals surface area contributed by atoms with Gasteiger partial charge in [0.15, 0.2) is 0 Å². The number of hydrogen-bond acceptors (Lipinski definition) is 5. The fraction of sp³-hybridized carbons (Fsp3) is 0.300. The smallest absolute Gasteiger partial charge is 0.322 e. The van der Waals surface area contributed by atoms with Crippen molar-refractivity contribution in [2.45, 2.75) is 19.5 Å². The zero-order valence-corrected chi connectivity index (χ0v) is 18.2. The number of rotatable bonds is 6. The highest BCUT2D eigenvalue weighted by Gasteiger charge is 2.27. The van der Waals surface area contributed by atoms with Gasteiger partial charge >= 0.3 is 5.97 Å². The number of aliphatic hydroxyl groups excluding tert-OH is 1. The summed E-state index contributed by atoms with van der Waals surface area (Å²) in [7, 11) is 0. The Kier molecular flexibility index (Phi) is 6.09. The van der Waals surface area contributed by atoms with E-state index in [4.69, 9.17) is 28.3 Å². The van der Waals surface area contributed by atoms with E-state index in [1.165, 1.54) is 4.68 Å². The number of aliphatic carboxylic acids is 1. The van der Waals surface area contributed by atoms with E-state index in [0.29, 0.717) is 46.3 Å². The van der Waals surface area contributed by atoms with Gasteiger partial charge in [-0.2, -0.15) is 5.10 Å². The fourth-order valence-electron chi connectivity index (χ4n) is 3.82. The zero-order chi connectivity index (χ0) is 23.0. The lowest BCUT2D eigenvalue weighted by atomic mass is 9.99. The number of carbonyl (C=O) groups excluding carboxylic acids is 2. The molecular weight excluding hydrogens is 461 g/mol. The van der Waals surface area contributed by atoms with Crippen LogP contribution in [0, 0.1) is 0 Å². The molecule has 3 heterocycles. The molecule has 12 heteroatoms. The van der Waals surface area contributed by atoms with Crippen LogP contribution < -0.4 is 5.32 Å². The van der Waals surface area contributed by atoms with Crippen LogP contribution in [0.1, 0.15) is 11.3 Å². The van der Waals surface area contributed by atoms with Crippen LogP contribution in [0.2, 0.25) is 10.0 Å². The number of hydrogen-bond donors (Lipinski definition) is 4. The summed E-state index contributed by atoms with van der Waals surface area (Å²) in [5, 5.41) is 26.1. The number of nitrogens with zero attached hydrogens (tertiary/aromatic N) is 3. The monoisotopic (exact) mass is 479 g/mol. The molecule has 0 atom stereocenters. The van der Waals surface area contributed by atoms with Crippen molar-refractivity contribution in [3.63, 3.8) is 0 Å². The molecule has 0 spiro atoms. The Balaban J connectivity index is 1.72. The molecule has 0 saturated carbocycles. The van der Waals surface area contributed by atoms with E-state index in [-0.39, 0.29) is 12.5 Å². The normalized spacial score (nSPS) is 13.3. The van der Waals surface area contributed by atoms with E-state index < -0.39 is 25.0 Å². The lowest BCUT2D eigenvalue weighted by Crippen LogP contribution is -2.37. The summed E-state index contributed by atoms with van der Waals surface area (Å²) in [5.41, 5.74) is 3.64. The third kappa shape index (κ3) is 4.16. The number of fused-ring (bicyclic) bond motifs is 3. The Labute approximate surface area is 191 Å². The van der Waals surface area contributed by atoms with Crippen molar-refractivity contribution >= 4 is 51.9 Å². The number of carboxylic acid groups (broad SMARTS) is 1. The Hall–Kier alpha value is -3.08. The lowest BCUT2D eigenvalue weighted by Gasteiger charge is -2.26. The van der Waals surface area contributed by atoms with Gasteiger partial charge in [0.2, 0.25) is 11.8 Å². The fourth-order valence-corrected chi connectivity index (χ4v) is 4.22. The van der Waals surface area contributed by atoms with Gasteiger partial charge in [0.1, 0.15) is 19.7 Å². The Morgan fingerprint density at radius 2 is 2.06 bits per heavy atom. The van der Waals surface area contributed by atoms with Gasteiger partial charge in [0, 0.05) is 47.9 Å². The van der Waals surface area contributed by atoms with Gasteiger partial charge in [-0.1, -0.05) is 23.2 Å². The van der Waals surface area contributed by atoms with Gasteiger partial charge in [0.25, 0.3) is 0 Å². The van der Waals surface area contributed by atoms with E-state index in [0.717, 1.165) is 16.6 Å². The summed E-state index contributed by atoms with van der Waals surface area (Å²) in [5.74, 6) is -1.98. The molecular formula is C20H19Cl2N5O5. The Morgan fingerprint density at radius 3 is 2.78 bits per heavy atom. The number of aliphatic hydroxyl groups is 1. The van der Waals surface area contributed by atoms with Gasteiger partial charge < -0.3 is 25.4 Å². The highest BCUT2D eigenvalue weighted by atomic mass is 35.5. The van der Waals surface area contributed by atoms with Crippen molar-refractivity contribution in [2.75, 3.05) is 19.7 Å². The third-order valence-corrected chi connectivity index (χ3v) is 6.08. The van der Waals surface area contributed by atoms with Crippen LogP contribution in [0.15, 0.2) is 18.3 Å². The molecule has 2 amide bonds. The number of aromatic nitrogens is 3. The average Bonchev–Trinajstić information content (AvgIpc) is 3.38. The van der Waals surface area contributed by atoms with Crippen LogP contribution in [0.25, 0.3) is 22.2 Å². The number of halogens is 2. The second-order valence-corrected chi connectivity index (χ2v) is 8.13. The van der Waals surface area contributed by atoms with Gasteiger partial charge in [-0.25, -0.2) is 0 Å². The number of benzene rings is 1. The molecule has 3 aromatic rings. The maximum absolute atomic E-state index is 12.0. The summed E-state index contributed by atoms with van der Waals surface area (Å²) in [6.45, 7) is -0.413. The maximum Gasteiger partial charge on any atom is 0.322 e. The number of amides is 2. The van der Waals surface area contributed by atoms with Crippen molar-refractivity contribution in [2.24, 2.45) is 0 Å². The molecule has 0 radical (unpaired) electrons. The van der Waals surface area contributed by atoms with Crippen LogP contribution >= 0.6 is 23.2 Å². The van der Waals surface area contributed by atoms with Gasteiger partial charge in [0.05, 0.1) is 21.3 Å². The van der Waals surface area contributed by atoms with Crippen LogP contribution in [0.3, 0.4) is 0 Å². The summed E-state index contributed by atoms with van der Waals surface area (Å²) in [6.07, 6.45) is 2.17. The summed E-state index contributed by atoms with van der Waals surface area (Å²) in [6, 6.07) is 3.40. The van der Waals surface area contributed by atoms with Gasteiger partial charge in [-0.3, -0.25) is 19.1 Å². The van der Waals surface area contributed by atoms with E-state index in [1.54, 1.807) is 23.2 Å².